The Morgan fingerprint density at radius 3 is 2.57 bits per heavy atom. The maximum absolute atomic E-state index is 13.1. The van der Waals surface area contributed by atoms with Gasteiger partial charge in [0, 0.05) is 23.5 Å². The molecule has 0 unspecified atom stereocenters. The summed E-state index contributed by atoms with van der Waals surface area (Å²) in [6.45, 7) is 5.84. The molecule has 2 aromatic carbocycles. The van der Waals surface area contributed by atoms with Crippen LogP contribution >= 0.6 is 0 Å². The number of carbonyl (C=O) groups is 2. The number of ketones is 1. The van der Waals surface area contributed by atoms with Gasteiger partial charge in [0.25, 0.3) is 0 Å². The summed E-state index contributed by atoms with van der Waals surface area (Å²) in [5.41, 5.74) is 4.09. The molecule has 2 aromatic heterocycles. The third-order valence-corrected chi connectivity index (χ3v) is 6.15. The van der Waals surface area contributed by atoms with Gasteiger partial charge < -0.3 is 18.8 Å². The lowest BCUT2D eigenvalue weighted by Gasteiger charge is -2.11. The molecule has 0 saturated heterocycles. The fourth-order valence-electron chi connectivity index (χ4n) is 4.20. The zero-order chi connectivity index (χ0) is 25.9. The lowest BCUT2D eigenvalue weighted by atomic mass is 10.1. The van der Waals surface area contributed by atoms with Crippen molar-refractivity contribution in [3.8, 4) is 11.5 Å². The Bertz CT molecular complexity index is 1500. The van der Waals surface area contributed by atoms with Crippen molar-refractivity contribution in [3.05, 3.63) is 88.5 Å². The van der Waals surface area contributed by atoms with Gasteiger partial charge in [-0.25, -0.2) is 4.79 Å². The van der Waals surface area contributed by atoms with Crippen molar-refractivity contribution >= 4 is 23.5 Å². The number of fused-ring (bicyclic) bond motifs is 1. The molecule has 0 fully saturated rings. The van der Waals surface area contributed by atoms with E-state index in [2.05, 4.69) is 15.5 Å². The van der Waals surface area contributed by atoms with Crippen molar-refractivity contribution in [2.45, 2.75) is 27.3 Å². The van der Waals surface area contributed by atoms with Gasteiger partial charge in [-0.15, -0.1) is 5.10 Å². The quantitative estimate of drug-likeness (QED) is 0.205. The summed E-state index contributed by atoms with van der Waals surface area (Å²) in [6, 6.07) is 16.9. The lowest BCUT2D eigenvalue weighted by molar-refractivity contribution is -0.136. The average molecular weight is 500 g/mol. The molecule has 188 valence electrons. The van der Waals surface area contributed by atoms with E-state index in [-0.39, 0.29) is 18.3 Å². The van der Waals surface area contributed by atoms with Crippen LogP contribution < -0.4 is 9.47 Å². The van der Waals surface area contributed by atoms with Gasteiger partial charge in [-0.3, -0.25) is 4.79 Å². The molecule has 0 N–H and O–H groups in total. The minimum absolute atomic E-state index is 0.106. The summed E-state index contributed by atoms with van der Waals surface area (Å²) in [5.74, 6) is 0.838. The van der Waals surface area contributed by atoms with E-state index in [0.717, 1.165) is 28.3 Å². The molecule has 0 amide bonds. The molecule has 1 aliphatic heterocycles. The molecule has 10 nitrogen and oxygen atoms in total. The highest BCUT2D eigenvalue weighted by Gasteiger charge is 2.22. The van der Waals surface area contributed by atoms with Crippen LogP contribution in [0.15, 0.2) is 54.6 Å². The molecule has 10 heteroatoms. The summed E-state index contributed by atoms with van der Waals surface area (Å²) in [6.07, 6.45) is 1.62. The van der Waals surface area contributed by atoms with Gasteiger partial charge in [-0.2, -0.15) is 4.68 Å². The molecule has 3 heterocycles. The third kappa shape index (κ3) is 4.99. The van der Waals surface area contributed by atoms with Crippen LogP contribution in [-0.4, -0.2) is 49.9 Å². The van der Waals surface area contributed by atoms with Crippen molar-refractivity contribution in [1.29, 1.82) is 0 Å². The first-order valence-corrected chi connectivity index (χ1v) is 11.7. The van der Waals surface area contributed by atoms with Crippen molar-refractivity contribution in [3.63, 3.8) is 0 Å². The van der Waals surface area contributed by atoms with Crippen molar-refractivity contribution in [1.82, 2.24) is 24.8 Å². The lowest BCUT2D eigenvalue weighted by Crippen LogP contribution is -2.19. The van der Waals surface area contributed by atoms with E-state index in [9.17, 15) is 9.59 Å². The van der Waals surface area contributed by atoms with Crippen LogP contribution in [0.25, 0.3) is 11.8 Å². The van der Waals surface area contributed by atoms with Gasteiger partial charge in [0.05, 0.1) is 0 Å². The molecule has 0 spiro atoms. The number of tetrazole rings is 1. The van der Waals surface area contributed by atoms with E-state index in [0.29, 0.717) is 23.7 Å². The van der Waals surface area contributed by atoms with Crippen LogP contribution in [0, 0.1) is 20.8 Å². The normalized spacial score (nSPS) is 12.6. The number of aryl methyl sites for hydroxylation is 2. The van der Waals surface area contributed by atoms with Crippen molar-refractivity contribution in [2.24, 2.45) is 0 Å². The summed E-state index contributed by atoms with van der Waals surface area (Å²) in [4.78, 5) is 26.1. The van der Waals surface area contributed by atoms with Crippen LogP contribution in [0.3, 0.4) is 0 Å². The number of nitrogens with zero attached hydrogens (tertiary/aromatic N) is 5. The van der Waals surface area contributed by atoms with E-state index in [4.69, 9.17) is 14.2 Å². The number of ether oxygens (including phenoxy) is 3. The van der Waals surface area contributed by atoms with Crippen molar-refractivity contribution in [2.75, 3.05) is 13.4 Å². The average Bonchev–Trinajstić information content (AvgIpc) is 3.61. The minimum Gasteiger partial charge on any atom is -0.454 e. The molecule has 5 rings (SSSR count). The highest BCUT2D eigenvalue weighted by molar-refractivity contribution is 6.16. The Morgan fingerprint density at radius 1 is 1.03 bits per heavy atom. The molecule has 0 saturated carbocycles. The molecular weight excluding hydrogens is 474 g/mol. The first kappa shape index (κ1) is 24.0. The molecule has 1 aliphatic rings. The number of carbonyl (C=O) groups excluding carboxylic acids is 2. The number of rotatable bonds is 8. The second kappa shape index (κ2) is 10.1. The van der Waals surface area contributed by atoms with Gasteiger partial charge >= 0.3 is 5.97 Å². The predicted octanol–water partition coefficient (Wildman–Crippen LogP) is 3.60. The smallest absolute Gasteiger partial charge is 0.357 e. The molecule has 37 heavy (non-hydrogen) atoms. The van der Waals surface area contributed by atoms with Crippen LogP contribution in [0.5, 0.6) is 11.5 Å². The van der Waals surface area contributed by atoms with Gasteiger partial charge in [0.15, 0.2) is 29.6 Å². The number of aromatic nitrogens is 5. The fourth-order valence-corrected chi connectivity index (χ4v) is 4.20. The van der Waals surface area contributed by atoms with E-state index in [1.807, 2.05) is 73.0 Å². The maximum atomic E-state index is 13.1. The maximum Gasteiger partial charge on any atom is 0.357 e. The monoisotopic (exact) mass is 499 g/mol. The topological polar surface area (TPSA) is 110 Å². The first-order chi connectivity index (χ1) is 17.9. The molecule has 0 bridgehead atoms. The van der Waals surface area contributed by atoms with Gasteiger partial charge in [-0.1, -0.05) is 36.4 Å². The largest absolute Gasteiger partial charge is 0.454 e. The minimum atomic E-state index is -0.707. The Labute approximate surface area is 213 Å². The Morgan fingerprint density at radius 2 is 1.81 bits per heavy atom. The van der Waals surface area contributed by atoms with Crippen LogP contribution in [0.4, 0.5) is 0 Å². The molecule has 0 atom stereocenters. The third-order valence-electron chi connectivity index (χ3n) is 6.15. The second-order valence-electron chi connectivity index (χ2n) is 8.64. The van der Waals surface area contributed by atoms with Gasteiger partial charge in [0.1, 0.15) is 0 Å². The molecule has 0 aliphatic carbocycles. The zero-order valence-electron chi connectivity index (χ0n) is 20.7. The first-order valence-electron chi connectivity index (χ1n) is 11.7. The number of esters is 1. The number of hydrogen-bond donors (Lipinski definition) is 0. The van der Waals surface area contributed by atoms with Crippen LogP contribution in [-0.2, 0) is 16.1 Å². The van der Waals surface area contributed by atoms with Crippen molar-refractivity contribution < 1.29 is 23.8 Å². The molecule has 4 aromatic rings. The SMILES string of the molecule is Cc1nnnn1/C(=C\c1ccccc1)C(=O)OCC(=O)c1cc(C)n(Cc2ccc3c(c2)OCO3)c1C. The Balaban J connectivity index is 1.32. The van der Waals surface area contributed by atoms with E-state index in [1.165, 1.54) is 4.68 Å². The Kier molecular flexibility index (Phi) is 6.55. The van der Waals surface area contributed by atoms with E-state index < -0.39 is 12.6 Å². The predicted molar refractivity (Wildman–Crippen MR) is 134 cm³/mol. The number of benzene rings is 2. The van der Waals surface area contributed by atoms with E-state index >= 15 is 0 Å². The summed E-state index contributed by atoms with van der Waals surface area (Å²) >= 11 is 0. The number of hydrogen-bond acceptors (Lipinski definition) is 8. The molecular formula is C27H25N5O5. The summed E-state index contributed by atoms with van der Waals surface area (Å²) < 4.78 is 19.6. The fraction of sp³-hybridized carbons (Fsp3) is 0.222. The van der Waals surface area contributed by atoms with Gasteiger partial charge in [-0.05, 0) is 66.6 Å². The van der Waals surface area contributed by atoms with Crippen LogP contribution in [0.2, 0.25) is 0 Å². The summed E-state index contributed by atoms with van der Waals surface area (Å²) in [5, 5.41) is 11.4. The highest BCUT2D eigenvalue weighted by atomic mass is 16.7. The van der Waals surface area contributed by atoms with E-state index in [1.54, 1.807) is 13.0 Å². The van der Waals surface area contributed by atoms with Gasteiger partial charge in [0.2, 0.25) is 12.6 Å². The number of Topliss-reactive ketones (excluding diaryl/α,β-unsaturated/α-hetero) is 1. The Hall–Kier alpha value is -4.73. The standard InChI is InChI=1S/C27H25N5O5/c1-17-11-22(18(2)31(17)14-21-9-10-25-26(13-21)37-16-36-25)24(33)15-35-27(34)23(32-19(3)28-29-30-32)12-20-7-5-4-6-8-20/h4-13H,14-16H2,1-3H3/b23-12-. The zero-order valence-corrected chi connectivity index (χ0v) is 20.7. The highest BCUT2D eigenvalue weighted by Crippen LogP contribution is 2.33. The second-order valence-corrected chi connectivity index (χ2v) is 8.64. The van der Waals surface area contributed by atoms with Crippen LogP contribution in [0.1, 0.15) is 38.7 Å². The molecule has 0 radical (unpaired) electrons. The summed E-state index contributed by atoms with van der Waals surface area (Å²) in [7, 11) is 0.